The predicted octanol–water partition coefficient (Wildman–Crippen LogP) is 3.05. The highest BCUT2D eigenvalue weighted by Gasteiger charge is 2.07. The lowest BCUT2D eigenvalue weighted by atomic mass is 10.1. The maximum absolute atomic E-state index is 9.19. The standard InChI is InChI=1S/C16H14N4/c1-11-7-16(15(9-18)12(2)20-11)19-10-14-5-3-13(8-17)4-6-14/h3-7H,10H2,1-2H3,(H,19,20). The maximum atomic E-state index is 9.19. The first-order valence-corrected chi connectivity index (χ1v) is 6.25. The number of benzene rings is 1. The van der Waals surface area contributed by atoms with E-state index in [0.29, 0.717) is 17.7 Å². The highest BCUT2D eigenvalue weighted by Crippen LogP contribution is 2.19. The van der Waals surface area contributed by atoms with Gasteiger partial charge in [-0.1, -0.05) is 12.1 Å². The van der Waals surface area contributed by atoms with Gasteiger partial charge in [-0.3, -0.25) is 4.98 Å². The smallest absolute Gasteiger partial charge is 0.103 e. The summed E-state index contributed by atoms with van der Waals surface area (Å²) in [5.74, 6) is 0. The van der Waals surface area contributed by atoms with Gasteiger partial charge in [0.25, 0.3) is 0 Å². The third-order valence-electron chi connectivity index (χ3n) is 3.01. The summed E-state index contributed by atoms with van der Waals surface area (Å²) >= 11 is 0. The molecule has 0 atom stereocenters. The molecule has 0 saturated carbocycles. The molecule has 0 aliphatic heterocycles. The molecular weight excluding hydrogens is 248 g/mol. The Hall–Kier alpha value is -2.85. The molecule has 0 aliphatic rings. The van der Waals surface area contributed by atoms with Crippen molar-refractivity contribution >= 4 is 5.69 Å². The average Bonchev–Trinajstić information content (AvgIpc) is 2.45. The molecule has 1 N–H and O–H groups in total. The van der Waals surface area contributed by atoms with Crippen molar-refractivity contribution in [1.29, 1.82) is 10.5 Å². The number of nitriles is 2. The van der Waals surface area contributed by atoms with E-state index in [2.05, 4.69) is 22.4 Å². The van der Waals surface area contributed by atoms with Gasteiger partial charge in [-0.05, 0) is 37.6 Å². The van der Waals surface area contributed by atoms with Crippen LogP contribution in [0.3, 0.4) is 0 Å². The van der Waals surface area contributed by atoms with Gasteiger partial charge in [0, 0.05) is 12.2 Å². The normalized spacial score (nSPS) is 9.60. The van der Waals surface area contributed by atoms with Crippen LogP contribution in [0, 0.1) is 36.5 Å². The zero-order valence-corrected chi connectivity index (χ0v) is 11.4. The molecule has 0 fully saturated rings. The van der Waals surface area contributed by atoms with E-state index in [9.17, 15) is 5.26 Å². The monoisotopic (exact) mass is 262 g/mol. The van der Waals surface area contributed by atoms with Crippen LogP contribution in [0.5, 0.6) is 0 Å². The first-order valence-electron chi connectivity index (χ1n) is 6.25. The van der Waals surface area contributed by atoms with Gasteiger partial charge in [-0.15, -0.1) is 0 Å². The number of anilines is 1. The molecule has 0 bridgehead atoms. The number of nitrogens with one attached hydrogen (secondary N) is 1. The van der Waals surface area contributed by atoms with Gasteiger partial charge in [0.1, 0.15) is 6.07 Å². The Bertz CT molecular complexity index is 703. The second kappa shape index (κ2) is 5.86. The maximum Gasteiger partial charge on any atom is 0.103 e. The molecule has 0 spiro atoms. The molecule has 20 heavy (non-hydrogen) atoms. The summed E-state index contributed by atoms with van der Waals surface area (Å²) in [6, 6.07) is 13.5. The van der Waals surface area contributed by atoms with E-state index < -0.39 is 0 Å². The van der Waals surface area contributed by atoms with Crippen molar-refractivity contribution in [3.63, 3.8) is 0 Å². The second-order valence-corrected chi connectivity index (χ2v) is 4.55. The quantitative estimate of drug-likeness (QED) is 0.922. The van der Waals surface area contributed by atoms with E-state index in [1.165, 1.54) is 0 Å². The minimum absolute atomic E-state index is 0.573. The molecule has 0 saturated heterocycles. The Morgan fingerprint density at radius 3 is 2.40 bits per heavy atom. The molecule has 1 heterocycles. The summed E-state index contributed by atoms with van der Waals surface area (Å²) in [5.41, 5.74) is 4.67. The third-order valence-corrected chi connectivity index (χ3v) is 3.01. The van der Waals surface area contributed by atoms with Gasteiger partial charge in [-0.2, -0.15) is 10.5 Å². The zero-order chi connectivity index (χ0) is 14.5. The zero-order valence-electron chi connectivity index (χ0n) is 11.4. The number of hydrogen-bond acceptors (Lipinski definition) is 4. The lowest BCUT2D eigenvalue weighted by molar-refractivity contribution is 1.08. The third kappa shape index (κ3) is 2.93. The van der Waals surface area contributed by atoms with Crippen LogP contribution in [-0.4, -0.2) is 4.98 Å². The van der Waals surface area contributed by atoms with E-state index in [1.54, 1.807) is 12.1 Å². The van der Waals surface area contributed by atoms with E-state index in [0.717, 1.165) is 22.6 Å². The highest BCUT2D eigenvalue weighted by atomic mass is 14.9. The van der Waals surface area contributed by atoms with Gasteiger partial charge in [0.2, 0.25) is 0 Å². The summed E-state index contributed by atoms with van der Waals surface area (Å²) in [4.78, 5) is 4.28. The Labute approximate surface area is 118 Å². The number of aryl methyl sites for hydroxylation is 2. The molecule has 4 heteroatoms. The molecule has 1 aromatic heterocycles. The van der Waals surface area contributed by atoms with Crippen LogP contribution in [0.15, 0.2) is 30.3 Å². The van der Waals surface area contributed by atoms with Crippen LogP contribution < -0.4 is 5.32 Å². The van der Waals surface area contributed by atoms with Gasteiger partial charge in [0.15, 0.2) is 0 Å². The molecule has 2 rings (SSSR count). The van der Waals surface area contributed by atoms with Gasteiger partial charge in [-0.25, -0.2) is 0 Å². The van der Waals surface area contributed by atoms with Crippen LogP contribution in [0.2, 0.25) is 0 Å². The number of rotatable bonds is 3. The molecule has 4 nitrogen and oxygen atoms in total. The second-order valence-electron chi connectivity index (χ2n) is 4.55. The van der Waals surface area contributed by atoms with E-state index >= 15 is 0 Å². The van der Waals surface area contributed by atoms with Crippen molar-refractivity contribution in [1.82, 2.24) is 4.98 Å². The molecule has 98 valence electrons. The van der Waals surface area contributed by atoms with Crippen LogP contribution in [0.1, 0.15) is 28.1 Å². The minimum atomic E-state index is 0.573. The molecule has 0 aliphatic carbocycles. The fourth-order valence-corrected chi connectivity index (χ4v) is 2.00. The Morgan fingerprint density at radius 1 is 1.10 bits per heavy atom. The summed E-state index contributed by atoms with van der Waals surface area (Å²) < 4.78 is 0. The summed E-state index contributed by atoms with van der Waals surface area (Å²) in [5, 5.41) is 21.2. The summed E-state index contributed by atoms with van der Waals surface area (Å²) in [6.45, 7) is 4.34. The van der Waals surface area contributed by atoms with Crippen molar-refractivity contribution < 1.29 is 0 Å². The number of pyridine rings is 1. The number of nitrogens with zero attached hydrogens (tertiary/aromatic N) is 3. The van der Waals surface area contributed by atoms with Gasteiger partial charge < -0.3 is 5.32 Å². The predicted molar refractivity (Wildman–Crippen MR) is 76.9 cm³/mol. The van der Waals surface area contributed by atoms with Crippen molar-refractivity contribution in [2.45, 2.75) is 20.4 Å². The van der Waals surface area contributed by atoms with Crippen molar-refractivity contribution in [3.05, 3.63) is 58.4 Å². The SMILES string of the molecule is Cc1cc(NCc2ccc(C#N)cc2)c(C#N)c(C)n1. The van der Waals surface area contributed by atoms with E-state index in [1.807, 2.05) is 32.0 Å². The highest BCUT2D eigenvalue weighted by molar-refractivity contribution is 5.60. The molecule has 2 aromatic rings. The largest absolute Gasteiger partial charge is 0.380 e. The van der Waals surface area contributed by atoms with E-state index in [-0.39, 0.29) is 0 Å². The lowest BCUT2D eigenvalue weighted by Crippen LogP contribution is -2.04. The molecule has 0 unspecified atom stereocenters. The molecule has 0 amide bonds. The van der Waals surface area contributed by atoms with Crippen LogP contribution >= 0.6 is 0 Å². The Kier molecular flexibility index (Phi) is 3.98. The van der Waals surface area contributed by atoms with Gasteiger partial charge in [0.05, 0.1) is 28.6 Å². The molecule has 1 aromatic carbocycles. The van der Waals surface area contributed by atoms with Crippen LogP contribution in [0.25, 0.3) is 0 Å². The van der Waals surface area contributed by atoms with Crippen molar-refractivity contribution in [3.8, 4) is 12.1 Å². The average molecular weight is 262 g/mol. The van der Waals surface area contributed by atoms with E-state index in [4.69, 9.17) is 5.26 Å². The fourth-order valence-electron chi connectivity index (χ4n) is 2.00. The first-order chi connectivity index (χ1) is 9.63. The number of hydrogen-bond donors (Lipinski definition) is 1. The summed E-state index contributed by atoms with van der Waals surface area (Å²) in [7, 11) is 0. The number of aromatic nitrogens is 1. The van der Waals surface area contributed by atoms with Crippen LogP contribution in [-0.2, 0) is 6.54 Å². The Balaban J connectivity index is 2.18. The summed E-state index contributed by atoms with van der Waals surface area (Å²) in [6.07, 6.45) is 0. The fraction of sp³-hybridized carbons (Fsp3) is 0.188. The molecule has 0 radical (unpaired) electrons. The van der Waals surface area contributed by atoms with Crippen molar-refractivity contribution in [2.75, 3.05) is 5.32 Å². The lowest BCUT2D eigenvalue weighted by Gasteiger charge is -2.11. The minimum Gasteiger partial charge on any atom is -0.380 e. The Morgan fingerprint density at radius 2 is 1.80 bits per heavy atom. The van der Waals surface area contributed by atoms with Crippen LogP contribution in [0.4, 0.5) is 5.69 Å². The van der Waals surface area contributed by atoms with Crippen molar-refractivity contribution in [2.24, 2.45) is 0 Å². The van der Waals surface area contributed by atoms with Gasteiger partial charge >= 0.3 is 0 Å². The topological polar surface area (TPSA) is 72.5 Å². The molecular formula is C16H14N4. The first kappa shape index (κ1) is 13.6.